The molecule has 18 heavy (non-hydrogen) atoms. The van der Waals surface area contributed by atoms with E-state index in [2.05, 4.69) is 5.32 Å². The Balaban J connectivity index is 1.78. The molecule has 1 aromatic rings. The molecular formula is C14H15NO3. The van der Waals surface area contributed by atoms with E-state index in [9.17, 15) is 4.79 Å². The standard InChI is InChI=1S/C14H15NO3/c16-13-14(9-5-1-2-6-10(9)15-13)17-11-7-3-4-8-12(11)18-14/h1-2,5-6,11-12H,3-4,7-8H2,(H,15,16)/t11-,12-/m0/s1. The molecule has 94 valence electrons. The molecule has 1 spiro atoms. The van der Waals surface area contributed by atoms with Gasteiger partial charge in [0.1, 0.15) is 0 Å². The summed E-state index contributed by atoms with van der Waals surface area (Å²) in [5, 5.41) is 2.85. The van der Waals surface area contributed by atoms with E-state index in [1.807, 2.05) is 24.3 Å². The normalized spacial score (nSPS) is 32.1. The molecule has 2 fully saturated rings. The van der Waals surface area contributed by atoms with Gasteiger partial charge in [0.2, 0.25) is 0 Å². The molecule has 1 aliphatic carbocycles. The molecule has 1 N–H and O–H groups in total. The van der Waals surface area contributed by atoms with Crippen LogP contribution in [0.1, 0.15) is 31.2 Å². The van der Waals surface area contributed by atoms with Gasteiger partial charge in [-0.1, -0.05) is 31.0 Å². The average molecular weight is 245 g/mol. The number of carbonyl (C=O) groups is 1. The van der Waals surface area contributed by atoms with Crippen molar-refractivity contribution in [3.8, 4) is 0 Å². The third kappa shape index (κ3) is 1.25. The van der Waals surface area contributed by atoms with Gasteiger partial charge in [-0.2, -0.15) is 0 Å². The van der Waals surface area contributed by atoms with Crippen molar-refractivity contribution >= 4 is 11.6 Å². The fourth-order valence-electron chi connectivity index (χ4n) is 3.23. The molecule has 2 atom stereocenters. The van der Waals surface area contributed by atoms with Crippen molar-refractivity contribution in [1.29, 1.82) is 0 Å². The smallest absolute Gasteiger partial charge is 0.289 e. The second-order valence-corrected chi connectivity index (χ2v) is 5.21. The molecule has 2 heterocycles. The Bertz CT molecular complexity index is 500. The summed E-state index contributed by atoms with van der Waals surface area (Å²) < 4.78 is 12.0. The maximum atomic E-state index is 12.2. The van der Waals surface area contributed by atoms with Crippen molar-refractivity contribution in [1.82, 2.24) is 0 Å². The SMILES string of the molecule is O=C1Nc2ccccc2C12O[C@H]1CCCC[C@@H]1O2. The number of nitrogens with one attached hydrogen (secondary N) is 1. The van der Waals surface area contributed by atoms with E-state index in [0.717, 1.165) is 36.9 Å². The van der Waals surface area contributed by atoms with Crippen LogP contribution >= 0.6 is 0 Å². The Kier molecular flexibility index (Phi) is 2.08. The Morgan fingerprint density at radius 2 is 1.78 bits per heavy atom. The van der Waals surface area contributed by atoms with Crippen LogP contribution in [0.2, 0.25) is 0 Å². The van der Waals surface area contributed by atoms with Crippen molar-refractivity contribution in [2.75, 3.05) is 5.32 Å². The molecule has 4 nitrogen and oxygen atoms in total. The predicted molar refractivity (Wildman–Crippen MR) is 65.0 cm³/mol. The van der Waals surface area contributed by atoms with E-state index in [0.29, 0.717) is 0 Å². The maximum absolute atomic E-state index is 12.2. The summed E-state index contributed by atoms with van der Waals surface area (Å²) in [4.78, 5) is 12.2. The monoisotopic (exact) mass is 245 g/mol. The second kappa shape index (κ2) is 3.56. The van der Waals surface area contributed by atoms with Gasteiger partial charge in [0.25, 0.3) is 11.7 Å². The van der Waals surface area contributed by atoms with E-state index in [4.69, 9.17) is 9.47 Å². The molecule has 3 aliphatic rings. The van der Waals surface area contributed by atoms with Crippen LogP contribution in [0.3, 0.4) is 0 Å². The summed E-state index contributed by atoms with van der Waals surface area (Å²) in [5.74, 6) is -1.37. The molecule has 2 aliphatic heterocycles. The maximum Gasteiger partial charge on any atom is 0.289 e. The van der Waals surface area contributed by atoms with Crippen LogP contribution in [0, 0.1) is 0 Å². The fourth-order valence-corrected chi connectivity index (χ4v) is 3.23. The van der Waals surface area contributed by atoms with E-state index in [1.165, 1.54) is 0 Å². The molecule has 0 bridgehead atoms. The highest BCUT2D eigenvalue weighted by Gasteiger charge is 2.58. The van der Waals surface area contributed by atoms with Gasteiger partial charge in [0.15, 0.2) is 0 Å². The largest absolute Gasteiger partial charge is 0.332 e. The quantitative estimate of drug-likeness (QED) is 0.761. The molecule has 0 aromatic heterocycles. The number of hydrogen-bond donors (Lipinski definition) is 1. The molecule has 0 radical (unpaired) electrons. The van der Waals surface area contributed by atoms with Crippen LogP contribution < -0.4 is 5.32 Å². The number of anilines is 1. The lowest BCUT2D eigenvalue weighted by Gasteiger charge is -2.20. The highest BCUT2D eigenvalue weighted by atomic mass is 16.8. The van der Waals surface area contributed by atoms with Gasteiger partial charge < -0.3 is 14.8 Å². The van der Waals surface area contributed by atoms with Crippen molar-refractivity contribution in [2.45, 2.75) is 43.7 Å². The Labute approximate surface area is 105 Å². The third-order valence-corrected chi connectivity index (χ3v) is 4.11. The lowest BCUT2D eigenvalue weighted by molar-refractivity contribution is -0.188. The Hall–Kier alpha value is -1.39. The van der Waals surface area contributed by atoms with Crippen molar-refractivity contribution in [2.24, 2.45) is 0 Å². The second-order valence-electron chi connectivity index (χ2n) is 5.21. The van der Waals surface area contributed by atoms with Crippen LogP contribution in [0.15, 0.2) is 24.3 Å². The summed E-state index contributed by atoms with van der Waals surface area (Å²) in [6.07, 6.45) is 4.42. The Morgan fingerprint density at radius 1 is 1.11 bits per heavy atom. The van der Waals surface area contributed by atoms with Crippen LogP contribution in [-0.4, -0.2) is 18.1 Å². The fraction of sp³-hybridized carbons (Fsp3) is 0.500. The van der Waals surface area contributed by atoms with Gasteiger partial charge in [0, 0.05) is 5.56 Å². The van der Waals surface area contributed by atoms with Gasteiger partial charge in [-0.15, -0.1) is 0 Å². The summed E-state index contributed by atoms with van der Waals surface area (Å²) in [7, 11) is 0. The van der Waals surface area contributed by atoms with Crippen molar-refractivity contribution in [3.05, 3.63) is 29.8 Å². The van der Waals surface area contributed by atoms with Gasteiger partial charge in [-0.05, 0) is 18.9 Å². The van der Waals surface area contributed by atoms with Crippen molar-refractivity contribution in [3.63, 3.8) is 0 Å². The molecule has 0 unspecified atom stereocenters. The number of amides is 1. The minimum atomic E-state index is -1.18. The molecule has 1 saturated heterocycles. The number of fused-ring (bicyclic) bond motifs is 3. The first-order valence-electron chi connectivity index (χ1n) is 6.56. The summed E-state index contributed by atoms with van der Waals surface area (Å²) >= 11 is 0. The number of ether oxygens (including phenoxy) is 2. The molecule has 1 amide bonds. The topological polar surface area (TPSA) is 47.6 Å². The van der Waals surface area contributed by atoms with Gasteiger partial charge in [-0.25, -0.2) is 0 Å². The first-order valence-corrected chi connectivity index (χ1v) is 6.56. The number of para-hydroxylation sites is 1. The number of carbonyl (C=O) groups excluding carboxylic acids is 1. The Morgan fingerprint density at radius 3 is 2.50 bits per heavy atom. The van der Waals surface area contributed by atoms with Crippen LogP contribution in [-0.2, 0) is 20.1 Å². The summed E-state index contributed by atoms with van der Waals surface area (Å²) in [6, 6.07) is 7.61. The molecule has 4 rings (SSSR count). The first-order chi connectivity index (χ1) is 8.79. The number of hydrogen-bond acceptors (Lipinski definition) is 3. The van der Waals surface area contributed by atoms with E-state index in [-0.39, 0.29) is 18.1 Å². The highest BCUT2D eigenvalue weighted by Crippen LogP contribution is 2.48. The first kappa shape index (κ1) is 10.5. The average Bonchev–Trinajstić information content (AvgIpc) is 2.90. The van der Waals surface area contributed by atoms with Crippen LogP contribution in [0.5, 0.6) is 0 Å². The number of rotatable bonds is 0. The summed E-state index contributed by atoms with van der Waals surface area (Å²) in [6.45, 7) is 0. The van der Waals surface area contributed by atoms with Gasteiger partial charge >= 0.3 is 0 Å². The van der Waals surface area contributed by atoms with Crippen LogP contribution in [0.4, 0.5) is 5.69 Å². The summed E-state index contributed by atoms with van der Waals surface area (Å²) in [5.41, 5.74) is 1.63. The lowest BCUT2D eigenvalue weighted by atomic mass is 9.95. The van der Waals surface area contributed by atoms with E-state index >= 15 is 0 Å². The molecule has 1 aromatic carbocycles. The minimum absolute atomic E-state index is 0.0654. The van der Waals surface area contributed by atoms with Crippen molar-refractivity contribution < 1.29 is 14.3 Å². The molecule has 1 saturated carbocycles. The molecule has 4 heteroatoms. The molecular weight excluding hydrogens is 230 g/mol. The zero-order valence-corrected chi connectivity index (χ0v) is 10.0. The predicted octanol–water partition coefficient (Wildman–Crippen LogP) is 2.15. The minimum Gasteiger partial charge on any atom is -0.332 e. The number of benzene rings is 1. The zero-order valence-electron chi connectivity index (χ0n) is 10.0. The van der Waals surface area contributed by atoms with E-state index < -0.39 is 5.79 Å². The van der Waals surface area contributed by atoms with Gasteiger partial charge in [-0.3, -0.25) is 4.79 Å². The van der Waals surface area contributed by atoms with Crippen LogP contribution in [0.25, 0.3) is 0 Å². The van der Waals surface area contributed by atoms with Gasteiger partial charge in [0.05, 0.1) is 17.9 Å². The zero-order chi connectivity index (χ0) is 12.2. The third-order valence-electron chi connectivity index (χ3n) is 4.11. The highest BCUT2D eigenvalue weighted by molar-refractivity contribution is 6.04. The lowest BCUT2D eigenvalue weighted by Crippen LogP contribution is -2.36. The van der Waals surface area contributed by atoms with E-state index in [1.54, 1.807) is 0 Å².